The largest absolute Gasteiger partial charge is 0.398 e. The number of fused-ring (bicyclic) bond motifs is 1. The number of aromatic nitrogens is 1. The van der Waals surface area contributed by atoms with Crippen molar-refractivity contribution in [1.29, 1.82) is 5.26 Å². The molecule has 2 aromatic rings. The van der Waals surface area contributed by atoms with Crippen molar-refractivity contribution in [3.05, 3.63) is 30.1 Å². The second-order valence-electron chi connectivity index (χ2n) is 5.38. The second kappa shape index (κ2) is 5.01. The number of nitriles is 1. The third kappa shape index (κ3) is 2.27. The van der Waals surface area contributed by atoms with E-state index in [4.69, 9.17) is 11.0 Å². The Hall–Kier alpha value is -2.28. The molecule has 20 heavy (non-hydrogen) atoms. The van der Waals surface area contributed by atoms with E-state index in [2.05, 4.69) is 28.1 Å². The van der Waals surface area contributed by atoms with E-state index in [1.807, 2.05) is 19.2 Å². The Morgan fingerprint density at radius 2 is 2.20 bits per heavy atom. The number of anilines is 2. The first-order valence-corrected chi connectivity index (χ1v) is 6.99. The molecule has 4 nitrogen and oxygen atoms in total. The zero-order valence-corrected chi connectivity index (χ0v) is 11.6. The lowest BCUT2D eigenvalue weighted by Gasteiger charge is -2.25. The molecule has 1 aliphatic rings. The molecule has 1 aromatic heterocycles. The molecule has 0 radical (unpaired) electrons. The summed E-state index contributed by atoms with van der Waals surface area (Å²) in [5.74, 6) is 0. The van der Waals surface area contributed by atoms with Crippen LogP contribution in [0.2, 0.25) is 0 Å². The van der Waals surface area contributed by atoms with E-state index in [-0.39, 0.29) is 0 Å². The van der Waals surface area contributed by atoms with Gasteiger partial charge in [0.2, 0.25) is 0 Å². The van der Waals surface area contributed by atoms with Gasteiger partial charge in [0.1, 0.15) is 0 Å². The first-order chi connectivity index (χ1) is 9.70. The number of rotatable bonds is 4. The second-order valence-corrected chi connectivity index (χ2v) is 5.38. The van der Waals surface area contributed by atoms with Crippen LogP contribution in [0.4, 0.5) is 11.4 Å². The van der Waals surface area contributed by atoms with Crippen molar-refractivity contribution in [1.82, 2.24) is 4.98 Å². The van der Waals surface area contributed by atoms with Crippen LogP contribution in [0.3, 0.4) is 0 Å². The minimum absolute atomic E-state index is 0.548. The van der Waals surface area contributed by atoms with E-state index >= 15 is 0 Å². The maximum absolute atomic E-state index is 8.86. The van der Waals surface area contributed by atoms with Gasteiger partial charge < -0.3 is 10.6 Å². The molecule has 1 aromatic carbocycles. The van der Waals surface area contributed by atoms with E-state index in [0.29, 0.717) is 12.5 Å². The summed E-state index contributed by atoms with van der Waals surface area (Å²) in [4.78, 5) is 6.69. The highest BCUT2D eigenvalue weighted by molar-refractivity contribution is 6.01. The lowest BCUT2D eigenvalue weighted by Crippen LogP contribution is -2.26. The number of pyridine rings is 1. The summed E-state index contributed by atoms with van der Waals surface area (Å²) in [6.45, 7) is 2.77. The number of aryl methyl sites for hydroxylation is 1. The molecular weight excluding hydrogens is 248 g/mol. The first kappa shape index (κ1) is 12.7. The monoisotopic (exact) mass is 266 g/mol. The van der Waals surface area contributed by atoms with Crippen LogP contribution >= 0.6 is 0 Å². The fourth-order valence-electron chi connectivity index (χ4n) is 2.66. The van der Waals surface area contributed by atoms with Crippen LogP contribution in [0.15, 0.2) is 24.4 Å². The van der Waals surface area contributed by atoms with Gasteiger partial charge in [-0.1, -0.05) is 0 Å². The average Bonchev–Trinajstić information content (AvgIpc) is 3.26. The lowest BCUT2D eigenvalue weighted by atomic mass is 10.1. The van der Waals surface area contributed by atoms with Crippen LogP contribution in [0.25, 0.3) is 10.8 Å². The van der Waals surface area contributed by atoms with Gasteiger partial charge in [0.15, 0.2) is 0 Å². The molecule has 1 fully saturated rings. The quantitative estimate of drug-likeness (QED) is 0.864. The molecule has 1 aliphatic carbocycles. The normalized spacial score (nSPS) is 14.2. The Kier molecular flexibility index (Phi) is 3.19. The molecule has 0 bridgehead atoms. The van der Waals surface area contributed by atoms with Crippen molar-refractivity contribution in [3.63, 3.8) is 0 Å². The fourth-order valence-corrected chi connectivity index (χ4v) is 2.66. The first-order valence-electron chi connectivity index (χ1n) is 6.99. The molecule has 0 saturated heterocycles. The molecule has 1 saturated carbocycles. The van der Waals surface area contributed by atoms with E-state index in [1.54, 1.807) is 0 Å². The topological polar surface area (TPSA) is 65.9 Å². The van der Waals surface area contributed by atoms with Gasteiger partial charge in [-0.25, -0.2) is 0 Å². The molecule has 2 N–H and O–H groups in total. The number of benzene rings is 1. The standard InChI is InChI=1S/C16H18N4/c1-11-9-13-14(10-19-11)15(18)5-6-16(13)20(8-2-7-17)12-3-4-12/h5-6,9-10,12H,2-4,8,18H2,1H3. The summed E-state index contributed by atoms with van der Waals surface area (Å²) in [5, 5.41) is 11.0. The highest BCUT2D eigenvalue weighted by Crippen LogP contribution is 2.37. The summed E-state index contributed by atoms with van der Waals surface area (Å²) in [6.07, 6.45) is 4.81. The molecule has 4 heteroatoms. The molecule has 102 valence electrons. The van der Waals surface area contributed by atoms with Gasteiger partial charge in [0.25, 0.3) is 0 Å². The molecule has 0 atom stereocenters. The number of hydrogen-bond acceptors (Lipinski definition) is 4. The molecule has 0 amide bonds. The minimum Gasteiger partial charge on any atom is -0.398 e. The summed E-state index contributed by atoms with van der Waals surface area (Å²) in [5.41, 5.74) is 8.98. The molecule has 3 rings (SSSR count). The van der Waals surface area contributed by atoms with E-state index in [1.165, 1.54) is 18.5 Å². The Bertz CT molecular complexity index is 683. The predicted octanol–water partition coefficient (Wildman–Crippen LogP) is 3.01. The van der Waals surface area contributed by atoms with E-state index in [0.717, 1.165) is 28.7 Å². The maximum atomic E-state index is 8.86. The van der Waals surface area contributed by atoms with Crippen LogP contribution in [-0.4, -0.2) is 17.6 Å². The van der Waals surface area contributed by atoms with Crippen molar-refractivity contribution in [2.24, 2.45) is 0 Å². The SMILES string of the molecule is Cc1cc2c(N(CCC#N)C3CC3)ccc(N)c2cn1. The zero-order chi connectivity index (χ0) is 14.1. The van der Waals surface area contributed by atoms with Crippen molar-refractivity contribution >= 4 is 22.1 Å². The van der Waals surface area contributed by atoms with Crippen molar-refractivity contribution in [2.45, 2.75) is 32.2 Å². The minimum atomic E-state index is 0.548. The van der Waals surface area contributed by atoms with Gasteiger partial charge in [-0.3, -0.25) is 4.98 Å². The highest BCUT2D eigenvalue weighted by Gasteiger charge is 2.29. The van der Waals surface area contributed by atoms with Gasteiger partial charge in [-0.05, 0) is 38.0 Å². The summed E-state index contributed by atoms with van der Waals surface area (Å²) in [6, 6.07) is 8.92. The van der Waals surface area contributed by atoms with Crippen LogP contribution in [-0.2, 0) is 0 Å². The summed E-state index contributed by atoms with van der Waals surface area (Å²) >= 11 is 0. The lowest BCUT2D eigenvalue weighted by molar-refractivity contribution is 0.796. The fraction of sp³-hybridized carbons (Fsp3) is 0.375. The Morgan fingerprint density at radius 1 is 1.40 bits per heavy atom. The summed E-state index contributed by atoms with van der Waals surface area (Å²) < 4.78 is 0. The van der Waals surface area contributed by atoms with Crippen molar-refractivity contribution in [3.8, 4) is 6.07 Å². The van der Waals surface area contributed by atoms with Gasteiger partial charge >= 0.3 is 0 Å². The molecular formula is C16H18N4. The van der Waals surface area contributed by atoms with E-state index < -0.39 is 0 Å². The van der Waals surface area contributed by atoms with Crippen LogP contribution < -0.4 is 10.6 Å². The third-order valence-electron chi connectivity index (χ3n) is 3.81. The van der Waals surface area contributed by atoms with Gasteiger partial charge in [-0.15, -0.1) is 0 Å². The van der Waals surface area contributed by atoms with Crippen molar-refractivity contribution < 1.29 is 0 Å². The number of nitrogen functional groups attached to an aromatic ring is 1. The molecule has 0 unspecified atom stereocenters. The number of hydrogen-bond donors (Lipinski definition) is 1. The Labute approximate surface area is 118 Å². The molecule has 1 heterocycles. The molecule has 0 aliphatic heterocycles. The Morgan fingerprint density at radius 3 is 2.90 bits per heavy atom. The van der Waals surface area contributed by atoms with Gasteiger partial charge in [0, 0.05) is 46.6 Å². The predicted molar refractivity (Wildman–Crippen MR) is 81.5 cm³/mol. The van der Waals surface area contributed by atoms with Gasteiger partial charge in [-0.2, -0.15) is 5.26 Å². The van der Waals surface area contributed by atoms with Crippen molar-refractivity contribution in [2.75, 3.05) is 17.2 Å². The highest BCUT2D eigenvalue weighted by atomic mass is 15.2. The smallest absolute Gasteiger partial charge is 0.0640 e. The molecule has 0 spiro atoms. The third-order valence-corrected chi connectivity index (χ3v) is 3.81. The number of nitrogens with two attached hydrogens (primary N) is 1. The average molecular weight is 266 g/mol. The number of nitrogens with zero attached hydrogens (tertiary/aromatic N) is 3. The van der Waals surface area contributed by atoms with E-state index in [9.17, 15) is 0 Å². The zero-order valence-electron chi connectivity index (χ0n) is 11.6. The summed E-state index contributed by atoms with van der Waals surface area (Å²) in [7, 11) is 0. The maximum Gasteiger partial charge on any atom is 0.0640 e. The van der Waals surface area contributed by atoms with Crippen LogP contribution in [0, 0.1) is 18.3 Å². The van der Waals surface area contributed by atoms with Crippen LogP contribution in [0.1, 0.15) is 25.0 Å². The van der Waals surface area contributed by atoms with Crippen LogP contribution in [0.5, 0.6) is 0 Å². The Balaban J connectivity index is 2.11. The van der Waals surface area contributed by atoms with Gasteiger partial charge in [0.05, 0.1) is 12.5 Å².